The molecule has 1 fully saturated rings. The Morgan fingerprint density at radius 2 is 2.00 bits per heavy atom. The van der Waals surface area contributed by atoms with Gasteiger partial charge in [-0.15, -0.1) is 11.3 Å². The number of nitrogens with zero attached hydrogens (tertiary/aromatic N) is 3. The van der Waals surface area contributed by atoms with Crippen molar-refractivity contribution >= 4 is 33.4 Å². The summed E-state index contributed by atoms with van der Waals surface area (Å²) in [6, 6.07) is 11.3. The van der Waals surface area contributed by atoms with E-state index in [9.17, 15) is 9.59 Å². The Morgan fingerprint density at radius 3 is 2.76 bits per heavy atom. The summed E-state index contributed by atoms with van der Waals surface area (Å²) in [6.45, 7) is 4.47. The molecule has 1 saturated heterocycles. The molecule has 6 nitrogen and oxygen atoms in total. The number of fused-ring (bicyclic) bond motifs is 1. The van der Waals surface area contributed by atoms with Gasteiger partial charge in [0.25, 0.3) is 5.91 Å². The number of para-hydroxylation sites is 1. The maximum absolute atomic E-state index is 13.3. The molecule has 7 heteroatoms. The lowest BCUT2D eigenvalue weighted by atomic mass is 10.0. The maximum atomic E-state index is 13.3. The lowest BCUT2D eigenvalue weighted by Gasteiger charge is -2.34. The van der Waals surface area contributed by atoms with E-state index in [-0.39, 0.29) is 11.9 Å². The summed E-state index contributed by atoms with van der Waals surface area (Å²) in [5.41, 5.74) is 2.22. The van der Waals surface area contributed by atoms with Crippen LogP contribution in [0.15, 0.2) is 36.4 Å². The van der Waals surface area contributed by atoms with E-state index in [2.05, 4.69) is 11.1 Å². The van der Waals surface area contributed by atoms with Crippen molar-refractivity contribution in [3.63, 3.8) is 0 Å². The van der Waals surface area contributed by atoms with Gasteiger partial charge in [-0.05, 0) is 57.4 Å². The summed E-state index contributed by atoms with van der Waals surface area (Å²) in [5.74, 6) is -0.533. The van der Waals surface area contributed by atoms with Crippen LogP contribution < -0.4 is 0 Å². The zero-order valence-corrected chi connectivity index (χ0v) is 17.4. The molecule has 1 amide bonds. The van der Waals surface area contributed by atoms with E-state index in [1.165, 1.54) is 0 Å². The lowest BCUT2D eigenvalue weighted by molar-refractivity contribution is 0.0522. The molecule has 0 bridgehead atoms. The van der Waals surface area contributed by atoms with Gasteiger partial charge in [0.1, 0.15) is 10.7 Å². The molecule has 2 aromatic heterocycles. The molecule has 0 spiro atoms. The molecular formula is C22H23N3O3S. The van der Waals surface area contributed by atoms with Crippen LogP contribution in [0.5, 0.6) is 0 Å². The van der Waals surface area contributed by atoms with Crippen molar-refractivity contribution in [1.29, 1.82) is 0 Å². The Balaban J connectivity index is 1.62. The van der Waals surface area contributed by atoms with E-state index in [1.807, 2.05) is 23.1 Å². The zero-order valence-electron chi connectivity index (χ0n) is 16.6. The number of benzene rings is 1. The second kappa shape index (κ2) is 8.29. The monoisotopic (exact) mass is 409 g/mol. The average Bonchev–Trinajstić information content (AvgIpc) is 3.17. The first kappa shape index (κ1) is 19.5. The largest absolute Gasteiger partial charge is 0.462 e. The SMILES string of the molecule is CCOC(=O)c1ccc(C(=O)N2CCCCC2c2nc3ccccc3s2)nc1C. The van der Waals surface area contributed by atoms with Crippen molar-refractivity contribution in [2.75, 3.05) is 13.2 Å². The van der Waals surface area contributed by atoms with E-state index >= 15 is 0 Å². The number of rotatable bonds is 4. The van der Waals surface area contributed by atoms with Crippen LogP contribution in [0, 0.1) is 6.92 Å². The van der Waals surface area contributed by atoms with E-state index in [0.717, 1.165) is 34.5 Å². The molecule has 0 saturated carbocycles. The lowest BCUT2D eigenvalue weighted by Crippen LogP contribution is -2.39. The summed E-state index contributed by atoms with van der Waals surface area (Å²) in [7, 11) is 0. The molecule has 29 heavy (non-hydrogen) atoms. The number of carbonyl (C=O) groups is 2. The van der Waals surface area contributed by atoms with Crippen molar-refractivity contribution in [2.45, 2.75) is 39.2 Å². The molecule has 1 aliphatic heterocycles. The fourth-order valence-corrected chi connectivity index (χ4v) is 4.83. The second-order valence-electron chi connectivity index (χ2n) is 7.08. The van der Waals surface area contributed by atoms with Crippen molar-refractivity contribution < 1.29 is 14.3 Å². The Bertz CT molecular complexity index is 1030. The highest BCUT2D eigenvalue weighted by Crippen LogP contribution is 2.36. The zero-order chi connectivity index (χ0) is 20.4. The Morgan fingerprint density at radius 1 is 1.17 bits per heavy atom. The number of thiazole rings is 1. The third kappa shape index (κ3) is 3.87. The summed E-state index contributed by atoms with van der Waals surface area (Å²) >= 11 is 1.65. The highest BCUT2D eigenvalue weighted by atomic mass is 32.1. The first-order valence-electron chi connectivity index (χ1n) is 9.89. The first-order valence-corrected chi connectivity index (χ1v) is 10.7. The third-order valence-corrected chi connectivity index (χ3v) is 6.30. The number of pyridine rings is 1. The van der Waals surface area contributed by atoms with Gasteiger partial charge in [-0.2, -0.15) is 0 Å². The van der Waals surface area contributed by atoms with Gasteiger partial charge in [-0.3, -0.25) is 4.79 Å². The topological polar surface area (TPSA) is 72.4 Å². The molecule has 0 aliphatic carbocycles. The molecule has 1 unspecified atom stereocenters. The fraction of sp³-hybridized carbons (Fsp3) is 0.364. The number of ether oxygens (including phenoxy) is 1. The highest BCUT2D eigenvalue weighted by Gasteiger charge is 2.32. The first-order chi connectivity index (χ1) is 14.1. The Kier molecular flexibility index (Phi) is 5.58. The summed E-state index contributed by atoms with van der Waals surface area (Å²) < 4.78 is 6.18. The normalized spacial score (nSPS) is 16.8. The number of hydrogen-bond donors (Lipinski definition) is 0. The van der Waals surface area contributed by atoms with Gasteiger partial charge in [0.05, 0.1) is 34.1 Å². The molecule has 3 aromatic rings. The molecule has 4 rings (SSSR count). The van der Waals surface area contributed by atoms with E-state index < -0.39 is 5.97 Å². The number of aromatic nitrogens is 2. The number of carbonyl (C=O) groups excluding carboxylic acids is 2. The quantitative estimate of drug-likeness (QED) is 0.592. The summed E-state index contributed by atoms with van der Waals surface area (Å²) in [5, 5.41) is 0.971. The van der Waals surface area contributed by atoms with Crippen molar-refractivity contribution in [2.24, 2.45) is 0 Å². The Hall–Kier alpha value is -2.80. The number of hydrogen-bond acceptors (Lipinski definition) is 6. The number of piperidine rings is 1. The van der Waals surface area contributed by atoms with Gasteiger partial charge in [0, 0.05) is 6.54 Å². The van der Waals surface area contributed by atoms with Crippen LogP contribution in [0.25, 0.3) is 10.2 Å². The van der Waals surface area contributed by atoms with Crippen molar-refractivity contribution in [1.82, 2.24) is 14.9 Å². The van der Waals surface area contributed by atoms with Crippen LogP contribution >= 0.6 is 11.3 Å². The van der Waals surface area contributed by atoms with Gasteiger partial charge in [0.15, 0.2) is 0 Å². The molecule has 150 valence electrons. The minimum absolute atomic E-state index is 0.0412. The average molecular weight is 410 g/mol. The molecular weight excluding hydrogens is 386 g/mol. The highest BCUT2D eigenvalue weighted by molar-refractivity contribution is 7.18. The van der Waals surface area contributed by atoms with Gasteiger partial charge < -0.3 is 9.64 Å². The molecule has 1 aromatic carbocycles. The predicted octanol–water partition coefficient (Wildman–Crippen LogP) is 4.54. The maximum Gasteiger partial charge on any atom is 0.339 e. The number of likely N-dealkylation sites (tertiary alicyclic amines) is 1. The van der Waals surface area contributed by atoms with Crippen LogP contribution in [-0.4, -0.2) is 39.9 Å². The second-order valence-corrected chi connectivity index (χ2v) is 8.14. The van der Waals surface area contributed by atoms with Gasteiger partial charge in [0.2, 0.25) is 0 Å². The van der Waals surface area contributed by atoms with Gasteiger partial charge >= 0.3 is 5.97 Å². The van der Waals surface area contributed by atoms with E-state index in [0.29, 0.717) is 30.1 Å². The van der Waals surface area contributed by atoms with Crippen LogP contribution in [-0.2, 0) is 4.74 Å². The summed E-state index contributed by atoms with van der Waals surface area (Å²) in [4.78, 5) is 36.4. The molecule has 0 radical (unpaired) electrons. The van der Waals surface area contributed by atoms with E-state index in [4.69, 9.17) is 9.72 Å². The molecule has 3 heterocycles. The number of esters is 1. The van der Waals surface area contributed by atoms with Gasteiger partial charge in [-0.1, -0.05) is 12.1 Å². The number of aryl methyl sites for hydroxylation is 1. The minimum Gasteiger partial charge on any atom is -0.462 e. The molecule has 1 aliphatic rings. The molecule has 1 atom stereocenters. The molecule has 0 N–H and O–H groups in total. The van der Waals surface area contributed by atoms with Crippen molar-refractivity contribution in [3.8, 4) is 0 Å². The van der Waals surface area contributed by atoms with Crippen LogP contribution in [0.3, 0.4) is 0 Å². The number of amides is 1. The summed E-state index contributed by atoms with van der Waals surface area (Å²) in [6.07, 6.45) is 2.93. The standard InChI is InChI=1S/C22H23N3O3S/c1-3-28-22(27)15-11-12-17(23-14(15)2)21(26)25-13-7-6-9-18(25)20-24-16-8-4-5-10-19(16)29-20/h4-5,8,10-12,18H,3,6-7,9,13H2,1-2H3. The van der Waals surface area contributed by atoms with Crippen LogP contribution in [0.2, 0.25) is 0 Å². The minimum atomic E-state index is -0.415. The van der Waals surface area contributed by atoms with E-state index in [1.54, 1.807) is 37.3 Å². The van der Waals surface area contributed by atoms with Crippen LogP contribution in [0.1, 0.15) is 63.8 Å². The smallest absolute Gasteiger partial charge is 0.339 e. The Labute approximate surface area is 173 Å². The van der Waals surface area contributed by atoms with Crippen molar-refractivity contribution in [3.05, 3.63) is 58.4 Å². The van der Waals surface area contributed by atoms with Crippen LogP contribution in [0.4, 0.5) is 0 Å². The van der Waals surface area contributed by atoms with Gasteiger partial charge in [-0.25, -0.2) is 14.8 Å². The third-order valence-electron chi connectivity index (χ3n) is 5.16. The predicted molar refractivity (Wildman–Crippen MR) is 112 cm³/mol. The fourth-order valence-electron chi connectivity index (χ4n) is 3.72.